The van der Waals surface area contributed by atoms with Crippen LogP contribution in [0.2, 0.25) is 0 Å². The lowest BCUT2D eigenvalue weighted by Gasteiger charge is -2.37. The van der Waals surface area contributed by atoms with Crippen LogP contribution in [0.1, 0.15) is 48.8 Å². The molecule has 1 heterocycles. The molecule has 1 saturated heterocycles. The summed E-state index contributed by atoms with van der Waals surface area (Å²) < 4.78 is 40.3. The van der Waals surface area contributed by atoms with Crippen LogP contribution >= 0.6 is 0 Å². The van der Waals surface area contributed by atoms with Gasteiger partial charge in [-0.1, -0.05) is 43.5 Å². The first-order chi connectivity index (χ1) is 19.4. The van der Waals surface area contributed by atoms with Crippen LogP contribution in [0.4, 0.5) is 24.5 Å². The van der Waals surface area contributed by atoms with Gasteiger partial charge in [0, 0.05) is 63.6 Å². The summed E-state index contributed by atoms with van der Waals surface area (Å²) in [5, 5.41) is 14.5. The topological polar surface area (TPSA) is 85.1 Å². The van der Waals surface area contributed by atoms with E-state index in [1.807, 2.05) is 18.2 Å². The summed E-state index contributed by atoms with van der Waals surface area (Å²) in [4.78, 5) is 20.7. The third-order valence-corrected chi connectivity index (χ3v) is 8.49. The van der Waals surface area contributed by atoms with Crippen LogP contribution in [0.25, 0.3) is 0 Å². The van der Waals surface area contributed by atoms with Gasteiger partial charge in [0.05, 0.1) is 5.56 Å². The van der Waals surface area contributed by atoms with E-state index in [1.54, 1.807) is 0 Å². The molecule has 2 fully saturated rings. The van der Waals surface area contributed by atoms with Crippen LogP contribution in [0.5, 0.6) is 0 Å². The average molecular weight is 576 g/mol. The number of carbonyl (C=O) groups excluding carboxylic acids is 1. The Balaban J connectivity index is 1.47. The molecule has 226 valence electrons. The fraction of sp³-hybridized carbons (Fsp3) is 0.581. The second-order valence-corrected chi connectivity index (χ2v) is 11.9. The highest BCUT2D eigenvalue weighted by Crippen LogP contribution is 2.38. The Morgan fingerprint density at radius 3 is 2.32 bits per heavy atom. The Morgan fingerprint density at radius 1 is 1.00 bits per heavy atom. The zero-order valence-corrected chi connectivity index (χ0v) is 24.2. The lowest BCUT2D eigenvalue weighted by atomic mass is 9.73. The number of aliphatic hydroxyl groups is 1. The van der Waals surface area contributed by atoms with E-state index in [4.69, 9.17) is 5.73 Å². The van der Waals surface area contributed by atoms with Crippen LogP contribution in [-0.2, 0) is 23.9 Å². The molecule has 4 rings (SSSR count). The number of benzene rings is 2. The normalized spacial score (nSPS) is 19.3. The number of piperazine rings is 1. The maximum atomic E-state index is 13.6. The molecule has 1 aliphatic carbocycles. The van der Waals surface area contributed by atoms with E-state index in [2.05, 4.69) is 40.2 Å². The Bertz CT molecular complexity index is 1160. The van der Waals surface area contributed by atoms with Gasteiger partial charge >= 0.3 is 6.18 Å². The summed E-state index contributed by atoms with van der Waals surface area (Å²) in [7, 11) is 4.17. The summed E-state index contributed by atoms with van der Waals surface area (Å²) in [5.74, 6) is -0.965. The summed E-state index contributed by atoms with van der Waals surface area (Å²) in [6.07, 6.45) is -0.324. The van der Waals surface area contributed by atoms with Crippen LogP contribution < -0.4 is 11.1 Å². The molecule has 0 aromatic heterocycles. The zero-order valence-electron chi connectivity index (χ0n) is 24.2. The molecule has 7 nitrogen and oxygen atoms in total. The van der Waals surface area contributed by atoms with Crippen molar-refractivity contribution in [2.45, 2.75) is 56.8 Å². The number of hydrogen-bond donors (Lipinski definition) is 3. The first-order valence-electron chi connectivity index (χ1n) is 14.6. The minimum atomic E-state index is -4.65. The van der Waals surface area contributed by atoms with E-state index in [-0.39, 0.29) is 18.0 Å². The number of nitrogen functional groups attached to an aromatic ring is 1. The minimum absolute atomic E-state index is 0.0377. The highest BCUT2D eigenvalue weighted by atomic mass is 19.4. The fourth-order valence-electron chi connectivity index (χ4n) is 6.03. The Morgan fingerprint density at radius 2 is 1.66 bits per heavy atom. The molecule has 0 radical (unpaired) electrons. The number of amides is 1. The van der Waals surface area contributed by atoms with Crippen molar-refractivity contribution in [2.75, 3.05) is 64.4 Å². The SMILES string of the molecule is CN(C)CCN1CCN(Cc2cccc(CC(O)(C(=O)Nc3ccc(N)c(C(F)(F)F)c3)C3CCCCC3)c2)CC1. The number of halogens is 3. The Hall–Kier alpha value is -2.66. The smallest absolute Gasteiger partial charge is 0.398 e. The maximum Gasteiger partial charge on any atom is 0.418 e. The number of nitrogens with zero attached hydrogens (tertiary/aromatic N) is 3. The standard InChI is InChI=1S/C31H44F3N5O2/c1-37(2)13-14-38-15-17-39(18-16-38)22-24-8-6-7-23(19-24)21-30(41,25-9-4-3-5-10-25)29(40)36-26-11-12-28(35)27(20-26)31(32,33)34/h6-8,11-12,19-20,25,41H,3-5,9-10,13-18,21-22,35H2,1-2H3,(H,36,40). The van der Waals surface area contributed by atoms with Crippen molar-refractivity contribution in [3.05, 3.63) is 59.2 Å². The van der Waals surface area contributed by atoms with Gasteiger partial charge in [0.2, 0.25) is 0 Å². The van der Waals surface area contributed by atoms with Gasteiger partial charge in [0.25, 0.3) is 5.91 Å². The van der Waals surface area contributed by atoms with Crippen molar-refractivity contribution >= 4 is 17.3 Å². The summed E-state index contributed by atoms with van der Waals surface area (Å²) >= 11 is 0. The molecule has 4 N–H and O–H groups in total. The van der Waals surface area contributed by atoms with Gasteiger partial charge in [-0.05, 0) is 62.2 Å². The summed E-state index contributed by atoms with van der Waals surface area (Å²) in [6.45, 7) is 6.90. The second-order valence-electron chi connectivity index (χ2n) is 11.9. The third-order valence-electron chi connectivity index (χ3n) is 8.49. The van der Waals surface area contributed by atoms with Crippen molar-refractivity contribution < 1.29 is 23.1 Å². The number of hydrogen-bond acceptors (Lipinski definition) is 6. The maximum absolute atomic E-state index is 13.6. The number of alkyl halides is 3. The van der Waals surface area contributed by atoms with Gasteiger partial charge in [0.15, 0.2) is 0 Å². The van der Waals surface area contributed by atoms with Gasteiger partial charge < -0.3 is 21.1 Å². The third kappa shape index (κ3) is 8.44. The first kappa shape index (κ1) is 31.3. The molecule has 1 atom stereocenters. The molecule has 1 aliphatic heterocycles. The van der Waals surface area contributed by atoms with E-state index in [9.17, 15) is 23.1 Å². The van der Waals surface area contributed by atoms with Gasteiger partial charge in [-0.2, -0.15) is 13.2 Å². The molecule has 1 saturated carbocycles. The predicted molar refractivity (Wildman–Crippen MR) is 156 cm³/mol. The van der Waals surface area contributed by atoms with E-state index in [0.29, 0.717) is 12.8 Å². The largest absolute Gasteiger partial charge is 0.418 e. The van der Waals surface area contributed by atoms with Crippen molar-refractivity contribution in [1.82, 2.24) is 14.7 Å². The van der Waals surface area contributed by atoms with E-state index < -0.39 is 28.9 Å². The van der Waals surface area contributed by atoms with Gasteiger partial charge in [-0.15, -0.1) is 0 Å². The molecule has 2 aliphatic rings. The molecule has 2 aromatic rings. The highest BCUT2D eigenvalue weighted by Gasteiger charge is 2.44. The zero-order chi connectivity index (χ0) is 29.6. The molecule has 10 heteroatoms. The van der Waals surface area contributed by atoms with Crippen molar-refractivity contribution in [2.24, 2.45) is 5.92 Å². The lowest BCUT2D eigenvalue weighted by Crippen LogP contribution is -2.51. The number of carbonyl (C=O) groups is 1. The lowest BCUT2D eigenvalue weighted by molar-refractivity contribution is -0.142. The number of nitrogens with two attached hydrogens (primary N) is 1. The molecule has 41 heavy (non-hydrogen) atoms. The Labute approximate surface area is 241 Å². The van der Waals surface area contributed by atoms with Gasteiger partial charge in [0.1, 0.15) is 5.60 Å². The minimum Gasteiger partial charge on any atom is -0.398 e. The molecule has 1 amide bonds. The summed E-state index contributed by atoms with van der Waals surface area (Å²) in [5.41, 5.74) is 4.27. The molecule has 0 spiro atoms. The molecular weight excluding hydrogens is 531 g/mol. The summed E-state index contributed by atoms with van der Waals surface area (Å²) in [6, 6.07) is 11.3. The van der Waals surface area contributed by atoms with E-state index in [0.717, 1.165) is 88.3 Å². The Kier molecular flexibility index (Phi) is 10.3. The molecule has 2 aromatic carbocycles. The predicted octanol–water partition coefficient (Wildman–Crippen LogP) is 4.46. The van der Waals surface area contributed by atoms with E-state index in [1.165, 1.54) is 6.07 Å². The fourth-order valence-corrected chi connectivity index (χ4v) is 6.03. The monoisotopic (exact) mass is 575 g/mol. The molecule has 1 unspecified atom stereocenters. The van der Waals surface area contributed by atoms with Crippen molar-refractivity contribution in [1.29, 1.82) is 0 Å². The van der Waals surface area contributed by atoms with Crippen LogP contribution in [0.15, 0.2) is 42.5 Å². The van der Waals surface area contributed by atoms with Gasteiger partial charge in [-0.3, -0.25) is 14.6 Å². The van der Waals surface area contributed by atoms with Crippen LogP contribution in [-0.4, -0.2) is 84.7 Å². The van der Waals surface area contributed by atoms with Crippen LogP contribution in [0.3, 0.4) is 0 Å². The van der Waals surface area contributed by atoms with Crippen molar-refractivity contribution in [3.63, 3.8) is 0 Å². The average Bonchev–Trinajstić information content (AvgIpc) is 2.93. The number of anilines is 2. The van der Waals surface area contributed by atoms with Crippen LogP contribution in [0, 0.1) is 5.92 Å². The van der Waals surface area contributed by atoms with Crippen molar-refractivity contribution in [3.8, 4) is 0 Å². The quantitative estimate of drug-likeness (QED) is 0.363. The molecule has 0 bridgehead atoms. The van der Waals surface area contributed by atoms with E-state index >= 15 is 0 Å². The second kappa shape index (κ2) is 13.5. The van der Waals surface area contributed by atoms with Gasteiger partial charge in [-0.25, -0.2) is 0 Å². The number of rotatable bonds is 10. The first-order valence-corrected chi connectivity index (χ1v) is 14.6. The number of nitrogens with one attached hydrogen (secondary N) is 1. The highest BCUT2D eigenvalue weighted by molar-refractivity contribution is 5.98. The number of likely N-dealkylation sites (N-methyl/N-ethyl adjacent to an activating group) is 1. The molecular formula is C31H44F3N5O2.